The van der Waals surface area contributed by atoms with Crippen LogP contribution in [0.15, 0.2) is 62.6 Å². The number of aromatic amines is 2. The van der Waals surface area contributed by atoms with Gasteiger partial charge < -0.3 is 9.72 Å². The molecule has 28 heavy (non-hydrogen) atoms. The summed E-state index contributed by atoms with van der Waals surface area (Å²) in [5.41, 5.74) is -1.06. The molecule has 0 saturated heterocycles. The van der Waals surface area contributed by atoms with Crippen molar-refractivity contribution in [3.63, 3.8) is 0 Å². The molecule has 2 aromatic carbocycles. The summed E-state index contributed by atoms with van der Waals surface area (Å²) in [6, 6.07) is 15.0. The highest BCUT2D eigenvalue weighted by molar-refractivity contribution is 9.10. The molecule has 0 saturated carbocycles. The van der Waals surface area contributed by atoms with Gasteiger partial charge in [-0.25, -0.2) is 4.79 Å². The minimum atomic E-state index is -1.06. The largest absolute Gasteiger partial charge is 0.488 e. The maximum Gasteiger partial charge on any atom is 0.357 e. The zero-order chi connectivity index (χ0) is 20.1. The van der Waals surface area contributed by atoms with E-state index in [0.717, 1.165) is 5.56 Å². The first kappa shape index (κ1) is 19.3. The van der Waals surface area contributed by atoms with Crippen LogP contribution < -0.4 is 16.0 Å². The molecule has 0 amide bonds. The van der Waals surface area contributed by atoms with E-state index in [-0.39, 0.29) is 5.69 Å². The van der Waals surface area contributed by atoms with Gasteiger partial charge in [-0.15, -0.1) is 0 Å². The third-order valence-corrected chi connectivity index (χ3v) is 4.38. The van der Waals surface area contributed by atoms with Crippen LogP contribution in [-0.4, -0.2) is 14.9 Å². The summed E-state index contributed by atoms with van der Waals surface area (Å²) in [6.45, 7) is 0.412. The van der Waals surface area contributed by atoms with Crippen molar-refractivity contribution in [2.24, 2.45) is 0 Å². The SMILES string of the molecule is O=c1[nH]c(C=Cc2ccc(OCc3ccccc3)c(Br)c2)c([N+](=O)[O-])c(=O)[nH]1. The first-order chi connectivity index (χ1) is 13.4. The Hall–Kier alpha value is -3.46. The van der Waals surface area contributed by atoms with Gasteiger partial charge in [-0.3, -0.25) is 19.9 Å². The minimum absolute atomic E-state index is 0.181. The van der Waals surface area contributed by atoms with Crippen LogP contribution in [0.5, 0.6) is 5.75 Å². The highest BCUT2D eigenvalue weighted by Crippen LogP contribution is 2.27. The van der Waals surface area contributed by atoms with Crippen molar-refractivity contribution in [3.8, 4) is 5.75 Å². The van der Waals surface area contributed by atoms with Crippen molar-refractivity contribution in [1.29, 1.82) is 0 Å². The summed E-state index contributed by atoms with van der Waals surface area (Å²) < 4.78 is 6.46. The van der Waals surface area contributed by atoms with E-state index >= 15 is 0 Å². The van der Waals surface area contributed by atoms with Crippen LogP contribution in [-0.2, 0) is 6.61 Å². The normalized spacial score (nSPS) is 10.9. The van der Waals surface area contributed by atoms with Crippen molar-refractivity contribution >= 4 is 33.8 Å². The van der Waals surface area contributed by atoms with Crippen molar-refractivity contribution in [2.45, 2.75) is 6.61 Å². The lowest BCUT2D eigenvalue weighted by atomic mass is 10.2. The van der Waals surface area contributed by atoms with E-state index in [1.165, 1.54) is 6.08 Å². The number of H-pyrrole nitrogens is 2. The molecule has 142 valence electrons. The van der Waals surface area contributed by atoms with Crippen LogP contribution in [0, 0.1) is 10.1 Å². The first-order valence-corrected chi connectivity index (χ1v) is 8.88. The van der Waals surface area contributed by atoms with E-state index in [2.05, 4.69) is 20.9 Å². The van der Waals surface area contributed by atoms with Crippen LogP contribution in [0.4, 0.5) is 5.69 Å². The van der Waals surface area contributed by atoms with Crippen molar-refractivity contribution in [1.82, 2.24) is 9.97 Å². The molecule has 1 heterocycles. The predicted molar refractivity (Wildman–Crippen MR) is 108 cm³/mol. The Morgan fingerprint density at radius 1 is 1.07 bits per heavy atom. The number of rotatable bonds is 6. The van der Waals surface area contributed by atoms with E-state index in [4.69, 9.17) is 4.74 Å². The number of hydrogen-bond donors (Lipinski definition) is 2. The quantitative estimate of drug-likeness (QED) is 0.446. The van der Waals surface area contributed by atoms with Crippen molar-refractivity contribution in [3.05, 3.63) is 101 Å². The Balaban J connectivity index is 1.81. The molecule has 8 nitrogen and oxygen atoms in total. The summed E-state index contributed by atoms with van der Waals surface area (Å²) in [4.78, 5) is 37.3. The van der Waals surface area contributed by atoms with Crippen LogP contribution in [0.3, 0.4) is 0 Å². The Morgan fingerprint density at radius 3 is 2.50 bits per heavy atom. The number of ether oxygens (including phenoxy) is 1. The van der Waals surface area contributed by atoms with Gasteiger partial charge in [0, 0.05) is 0 Å². The maximum atomic E-state index is 11.6. The molecule has 0 atom stereocenters. The Labute approximate surface area is 166 Å². The summed E-state index contributed by atoms with van der Waals surface area (Å²) in [5.74, 6) is 0.636. The van der Waals surface area contributed by atoms with Gasteiger partial charge >= 0.3 is 16.9 Å². The maximum absolute atomic E-state index is 11.6. The second-order valence-electron chi connectivity index (χ2n) is 5.73. The van der Waals surface area contributed by atoms with Crippen molar-refractivity contribution < 1.29 is 9.66 Å². The Bertz CT molecular complexity index is 1150. The molecule has 3 aromatic rings. The summed E-state index contributed by atoms with van der Waals surface area (Å²) in [6.07, 6.45) is 2.85. The average Bonchev–Trinajstić information content (AvgIpc) is 2.65. The third kappa shape index (κ3) is 4.63. The summed E-state index contributed by atoms with van der Waals surface area (Å²) in [7, 11) is 0. The van der Waals surface area contributed by atoms with Crippen LogP contribution in [0.2, 0.25) is 0 Å². The molecule has 0 fully saturated rings. The van der Waals surface area contributed by atoms with Gasteiger partial charge in [0.2, 0.25) is 0 Å². The summed E-state index contributed by atoms with van der Waals surface area (Å²) in [5, 5.41) is 11.1. The fourth-order valence-corrected chi connectivity index (χ4v) is 2.96. The fraction of sp³-hybridized carbons (Fsp3) is 0.0526. The predicted octanol–water partition coefficient (Wildman–Crippen LogP) is 3.48. The number of nitrogens with one attached hydrogen (secondary N) is 2. The van der Waals surface area contributed by atoms with E-state index in [9.17, 15) is 19.7 Å². The Morgan fingerprint density at radius 2 is 1.82 bits per heavy atom. The molecule has 0 spiro atoms. The molecule has 0 unspecified atom stereocenters. The number of nitrogens with zero attached hydrogens (tertiary/aromatic N) is 1. The van der Waals surface area contributed by atoms with E-state index in [1.54, 1.807) is 24.3 Å². The number of benzene rings is 2. The van der Waals surface area contributed by atoms with E-state index < -0.39 is 21.9 Å². The molecular weight excluding hydrogens is 430 g/mol. The standard InChI is InChI=1S/C19H14BrN3O5/c20-14-10-12(7-9-16(14)28-11-13-4-2-1-3-5-13)6-8-15-17(23(26)27)18(24)22-19(25)21-15/h1-10H,11H2,(H2,21,22,24,25). The van der Waals surface area contributed by atoms with Gasteiger partial charge in [0.15, 0.2) is 0 Å². The molecule has 0 aliphatic heterocycles. The van der Waals surface area contributed by atoms with Gasteiger partial charge in [-0.05, 0) is 45.3 Å². The molecule has 0 radical (unpaired) electrons. The van der Waals surface area contributed by atoms with Crippen LogP contribution in [0.1, 0.15) is 16.8 Å². The van der Waals surface area contributed by atoms with Gasteiger partial charge in [0.1, 0.15) is 18.1 Å². The lowest BCUT2D eigenvalue weighted by molar-refractivity contribution is -0.386. The van der Waals surface area contributed by atoms with Gasteiger partial charge in [-0.1, -0.05) is 42.5 Å². The molecule has 1 aromatic heterocycles. The molecule has 0 bridgehead atoms. The van der Waals surface area contributed by atoms with Crippen LogP contribution in [0.25, 0.3) is 12.2 Å². The van der Waals surface area contributed by atoms with E-state index in [0.29, 0.717) is 22.4 Å². The number of nitro groups is 1. The van der Waals surface area contributed by atoms with Gasteiger partial charge in [0.05, 0.1) is 9.40 Å². The zero-order valence-electron chi connectivity index (χ0n) is 14.3. The van der Waals surface area contributed by atoms with Crippen molar-refractivity contribution in [2.75, 3.05) is 0 Å². The summed E-state index contributed by atoms with van der Waals surface area (Å²) >= 11 is 3.43. The second kappa shape index (κ2) is 8.49. The molecular formula is C19H14BrN3O5. The van der Waals surface area contributed by atoms with Gasteiger partial charge in [0.25, 0.3) is 0 Å². The van der Waals surface area contributed by atoms with Crippen LogP contribution >= 0.6 is 15.9 Å². The van der Waals surface area contributed by atoms with E-state index in [1.807, 2.05) is 35.3 Å². The number of aromatic nitrogens is 2. The fourth-order valence-electron chi connectivity index (χ4n) is 2.45. The molecule has 9 heteroatoms. The highest BCUT2D eigenvalue weighted by Gasteiger charge is 2.18. The lowest BCUT2D eigenvalue weighted by Gasteiger charge is -2.09. The number of hydrogen-bond acceptors (Lipinski definition) is 5. The first-order valence-electron chi connectivity index (χ1n) is 8.09. The zero-order valence-corrected chi connectivity index (χ0v) is 15.9. The third-order valence-electron chi connectivity index (χ3n) is 3.76. The average molecular weight is 444 g/mol. The molecule has 2 N–H and O–H groups in total. The molecule has 3 rings (SSSR count). The smallest absolute Gasteiger partial charge is 0.357 e. The number of halogens is 1. The topological polar surface area (TPSA) is 118 Å². The monoisotopic (exact) mass is 443 g/mol. The van der Waals surface area contributed by atoms with Gasteiger partial charge in [-0.2, -0.15) is 0 Å². The minimum Gasteiger partial charge on any atom is -0.488 e. The molecule has 0 aliphatic rings. The Kier molecular flexibility index (Phi) is 5.85. The lowest BCUT2D eigenvalue weighted by Crippen LogP contribution is -2.25. The highest BCUT2D eigenvalue weighted by atomic mass is 79.9. The molecule has 0 aliphatic carbocycles. The second-order valence-corrected chi connectivity index (χ2v) is 6.58.